The van der Waals surface area contributed by atoms with Crippen molar-refractivity contribution in [3.8, 4) is 0 Å². The summed E-state index contributed by atoms with van der Waals surface area (Å²) in [5.74, 6) is 0. The normalized spacial score (nSPS) is 11.2. The van der Waals surface area contributed by atoms with Gasteiger partial charge in [0, 0.05) is 18.9 Å². The van der Waals surface area contributed by atoms with Crippen LogP contribution in [-0.4, -0.2) is 20.5 Å². The van der Waals surface area contributed by atoms with E-state index in [-0.39, 0.29) is 0 Å². The zero-order chi connectivity index (χ0) is 14.2. The predicted molar refractivity (Wildman–Crippen MR) is 81.6 cm³/mol. The Bertz CT molecular complexity index is 949. The lowest BCUT2D eigenvalue weighted by atomic mass is 10.1. The standard InChI is InChI=1S/C17H13N3O/c21-12-16-10-18-20-8-7-19(17(16)20)11-13-5-6-14-3-1-2-4-15(14)9-13/h1-10,12H,11H2. The van der Waals surface area contributed by atoms with Crippen molar-refractivity contribution >= 4 is 22.7 Å². The lowest BCUT2D eigenvalue weighted by molar-refractivity contribution is 0.112. The van der Waals surface area contributed by atoms with Crippen LogP contribution in [0.4, 0.5) is 0 Å². The molecule has 0 bridgehead atoms. The zero-order valence-corrected chi connectivity index (χ0v) is 11.3. The number of fused-ring (bicyclic) bond motifs is 2. The number of imidazole rings is 1. The number of aromatic nitrogens is 3. The second-order valence-corrected chi connectivity index (χ2v) is 5.09. The third kappa shape index (κ3) is 1.92. The van der Waals surface area contributed by atoms with Gasteiger partial charge in [-0.3, -0.25) is 4.79 Å². The smallest absolute Gasteiger partial charge is 0.155 e. The molecule has 2 aromatic carbocycles. The monoisotopic (exact) mass is 275 g/mol. The molecule has 102 valence electrons. The molecular weight excluding hydrogens is 262 g/mol. The van der Waals surface area contributed by atoms with Gasteiger partial charge in [0.15, 0.2) is 6.29 Å². The van der Waals surface area contributed by atoms with Crippen molar-refractivity contribution in [2.75, 3.05) is 0 Å². The summed E-state index contributed by atoms with van der Waals surface area (Å²) >= 11 is 0. The fourth-order valence-corrected chi connectivity index (χ4v) is 2.73. The number of nitrogens with zero attached hydrogens (tertiary/aromatic N) is 3. The van der Waals surface area contributed by atoms with Gasteiger partial charge in [-0.2, -0.15) is 5.10 Å². The van der Waals surface area contributed by atoms with Gasteiger partial charge in [0.25, 0.3) is 0 Å². The average molecular weight is 275 g/mol. The Balaban J connectivity index is 1.78. The van der Waals surface area contributed by atoms with Gasteiger partial charge >= 0.3 is 0 Å². The maximum atomic E-state index is 11.1. The van der Waals surface area contributed by atoms with Crippen molar-refractivity contribution in [1.82, 2.24) is 14.2 Å². The highest BCUT2D eigenvalue weighted by molar-refractivity contribution is 5.84. The minimum atomic E-state index is 0.612. The molecule has 0 spiro atoms. The van der Waals surface area contributed by atoms with Gasteiger partial charge in [0.1, 0.15) is 5.65 Å². The highest BCUT2D eigenvalue weighted by Crippen LogP contribution is 2.18. The maximum Gasteiger partial charge on any atom is 0.155 e. The third-order valence-electron chi connectivity index (χ3n) is 3.75. The molecule has 0 atom stereocenters. The second-order valence-electron chi connectivity index (χ2n) is 5.09. The highest BCUT2D eigenvalue weighted by atomic mass is 16.1. The van der Waals surface area contributed by atoms with Gasteiger partial charge in [-0.05, 0) is 22.4 Å². The van der Waals surface area contributed by atoms with Crippen LogP contribution in [0.15, 0.2) is 61.1 Å². The first-order valence-corrected chi connectivity index (χ1v) is 6.80. The number of aldehydes is 1. The van der Waals surface area contributed by atoms with Crippen LogP contribution in [0.5, 0.6) is 0 Å². The first kappa shape index (κ1) is 11.9. The van der Waals surface area contributed by atoms with Crippen LogP contribution < -0.4 is 0 Å². The van der Waals surface area contributed by atoms with Gasteiger partial charge in [0.05, 0.1) is 11.8 Å². The summed E-state index contributed by atoms with van der Waals surface area (Å²) in [6.45, 7) is 0.716. The van der Waals surface area contributed by atoms with E-state index >= 15 is 0 Å². The van der Waals surface area contributed by atoms with E-state index in [0.717, 1.165) is 11.9 Å². The van der Waals surface area contributed by atoms with E-state index in [2.05, 4.69) is 35.4 Å². The molecule has 21 heavy (non-hydrogen) atoms. The molecule has 4 aromatic rings. The summed E-state index contributed by atoms with van der Waals surface area (Å²) in [7, 11) is 0. The summed E-state index contributed by atoms with van der Waals surface area (Å²) in [4.78, 5) is 11.1. The Hall–Kier alpha value is -2.88. The van der Waals surface area contributed by atoms with E-state index in [0.29, 0.717) is 12.1 Å². The Kier molecular flexibility index (Phi) is 2.60. The number of hydrogen-bond donors (Lipinski definition) is 0. The van der Waals surface area contributed by atoms with Gasteiger partial charge in [-0.25, -0.2) is 4.52 Å². The molecule has 4 heteroatoms. The van der Waals surface area contributed by atoms with Crippen molar-refractivity contribution in [3.05, 3.63) is 72.2 Å². The molecule has 0 unspecified atom stereocenters. The van der Waals surface area contributed by atoms with E-state index in [9.17, 15) is 4.79 Å². The van der Waals surface area contributed by atoms with E-state index in [1.54, 1.807) is 10.7 Å². The molecule has 4 rings (SSSR count). The number of carbonyl (C=O) groups excluding carboxylic acids is 1. The molecule has 0 aliphatic rings. The van der Waals surface area contributed by atoms with Crippen molar-refractivity contribution in [3.63, 3.8) is 0 Å². The fraction of sp³-hybridized carbons (Fsp3) is 0.0588. The van der Waals surface area contributed by atoms with Crippen molar-refractivity contribution < 1.29 is 4.79 Å². The second kappa shape index (κ2) is 4.59. The van der Waals surface area contributed by atoms with Crippen LogP contribution in [0.3, 0.4) is 0 Å². The highest BCUT2D eigenvalue weighted by Gasteiger charge is 2.09. The molecule has 0 aliphatic heterocycles. The van der Waals surface area contributed by atoms with Crippen LogP contribution in [0.2, 0.25) is 0 Å². The van der Waals surface area contributed by atoms with Crippen LogP contribution >= 0.6 is 0 Å². The fourth-order valence-electron chi connectivity index (χ4n) is 2.73. The Morgan fingerprint density at radius 2 is 1.90 bits per heavy atom. The Morgan fingerprint density at radius 1 is 1.05 bits per heavy atom. The molecule has 2 aromatic heterocycles. The maximum absolute atomic E-state index is 11.1. The number of carbonyl (C=O) groups is 1. The summed E-state index contributed by atoms with van der Waals surface area (Å²) in [5, 5.41) is 6.62. The molecule has 0 saturated heterocycles. The number of benzene rings is 2. The zero-order valence-electron chi connectivity index (χ0n) is 11.3. The number of rotatable bonds is 3. The topological polar surface area (TPSA) is 39.3 Å². The lowest BCUT2D eigenvalue weighted by Crippen LogP contribution is -2.00. The largest absolute Gasteiger partial charge is 0.326 e. The molecular formula is C17H13N3O. The van der Waals surface area contributed by atoms with Gasteiger partial charge in [-0.15, -0.1) is 0 Å². The van der Waals surface area contributed by atoms with Crippen molar-refractivity contribution in [1.29, 1.82) is 0 Å². The van der Waals surface area contributed by atoms with Crippen LogP contribution in [0.1, 0.15) is 15.9 Å². The molecule has 0 fully saturated rings. The quantitative estimate of drug-likeness (QED) is 0.539. The molecule has 0 N–H and O–H groups in total. The van der Waals surface area contributed by atoms with E-state index in [1.165, 1.54) is 16.3 Å². The van der Waals surface area contributed by atoms with Crippen molar-refractivity contribution in [2.24, 2.45) is 0 Å². The summed E-state index contributed by atoms with van der Waals surface area (Å²) in [6.07, 6.45) is 6.26. The van der Waals surface area contributed by atoms with E-state index < -0.39 is 0 Å². The average Bonchev–Trinajstić information content (AvgIpc) is 3.10. The SMILES string of the molecule is O=Cc1cnn2ccn(Cc3ccc4ccccc4c3)c12. The Labute approximate surface area is 121 Å². The first-order chi connectivity index (χ1) is 10.3. The predicted octanol–water partition coefficient (Wildman–Crippen LogP) is 3.15. The molecule has 0 amide bonds. The molecule has 0 aliphatic carbocycles. The van der Waals surface area contributed by atoms with Crippen molar-refractivity contribution in [2.45, 2.75) is 6.54 Å². The molecule has 2 heterocycles. The number of hydrogen-bond acceptors (Lipinski definition) is 2. The summed E-state index contributed by atoms with van der Waals surface area (Å²) in [6, 6.07) is 14.7. The third-order valence-corrected chi connectivity index (χ3v) is 3.75. The Morgan fingerprint density at radius 3 is 2.76 bits per heavy atom. The van der Waals surface area contributed by atoms with Gasteiger partial charge in [0.2, 0.25) is 0 Å². The molecule has 0 saturated carbocycles. The lowest BCUT2D eigenvalue weighted by Gasteiger charge is -2.06. The minimum absolute atomic E-state index is 0.612. The summed E-state index contributed by atoms with van der Waals surface area (Å²) < 4.78 is 3.77. The minimum Gasteiger partial charge on any atom is -0.326 e. The van der Waals surface area contributed by atoms with E-state index in [1.807, 2.05) is 29.1 Å². The molecule has 4 nitrogen and oxygen atoms in total. The van der Waals surface area contributed by atoms with Gasteiger partial charge in [-0.1, -0.05) is 36.4 Å². The van der Waals surface area contributed by atoms with Gasteiger partial charge < -0.3 is 4.57 Å². The van der Waals surface area contributed by atoms with Crippen LogP contribution in [0, 0.1) is 0 Å². The first-order valence-electron chi connectivity index (χ1n) is 6.80. The molecule has 0 radical (unpaired) electrons. The van der Waals surface area contributed by atoms with Crippen LogP contribution in [-0.2, 0) is 6.54 Å². The van der Waals surface area contributed by atoms with E-state index in [4.69, 9.17) is 0 Å². The summed E-state index contributed by atoms with van der Waals surface area (Å²) in [5.41, 5.74) is 2.64. The van der Waals surface area contributed by atoms with Crippen LogP contribution in [0.25, 0.3) is 16.4 Å².